The lowest BCUT2D eigenvalue weighted by molar-refractivity contribution is -0.304. The van der Waals surface area contributed by atoms with Crippen LogP contribution < -0.4 is 38.5 Å². The average Bonchev–Trinajstić information content (AvgIpc) is 3.64. The van der Waals surface area contributed by atoms with Crippen molar-refractivity contribution in [2.24, 2.45) is 17.2 Å². The van der Waals surface area contributed by atoms with Gasteiger partial charge in [0.15, 0.2) is 17.9 Å². The number of amides is 1. The van der Waals surface area contributed by atoms with Gasteiger partial charge in [0, 0.05) is 19.0 Å². The van der Waals surface area contributed by atoms with E-state index in [4.69, 9.17) is 46.7 Å². The van der Waals surface area contributed by atoms with Crippen LogP contribution in [0, 0.1) is 5.41 Å². The minimum absolute atomic E-state index is 0.0129. The van der Waals surface area contributed by atoms with Gasteiger partial charge in [0.1, 0.15) is 35.8 Å². The molecule has 0 aromatic rings. The summed E-state index contributed by atoms with van der Waals surface area (Å²) >= 11 is 0. The Hall–Kier alpha value is -2.24. The molecule has 2 aliphatic carbocycles. The van der Waals surface area contributed by atoms with Gasteiger partial charge < -0.3 is 88.1 Å². The highest BCUT2D eigenvalue weighted by atomic mass is 16.7. The lowest BCUT2D eigenvalue weighted by atomic mass is 9.83. The zero-order valence-corrected chi connectivity index (χ0v) is 25.9. The standard InChI is InChI=1S/C27H50N8O11/c1-26(41)10-43-23(18(39)21(26)32-2)46-20-15(34-24(40)27(42)6-16(27)35-25(30)31)5-14(29)19(17(20)38)45-22-13(28)4-3-12(44-22)8-33-7-11(37)9-36/h3,11,13-23,32-33,36-39,41-42H,4-10,28-29H2,1-2H3,(H,34,40)(H4,30,31,35)/t11?,13-,14+,15-,16?,17+,18-,19?,20+,21-,22-,23-,26+,27?/m1/s1. The van der Waals surface area contributed by atoms with E-state index in [9.17, 15) is 30.3 Å². The number of aliphatic hydroxyl groups is 6. The summed E-state index contributed by atoms with van der Waals surface area (Å²) in [6.45, 7) is 1.18. The van der Waals surface area contributed by atoms with Gasteiger partial charge in [-0.05, 0) is 32.9 Å². The van der Waals surface area contributed by atoms with Crippen LogP contribution >= 0.6 is 0 Å². The molecule has 2 saturated carbocycles. The number of aliphatic hydroxyl groups excluding tert-OH is 4. The van der Waals surface area contributed by atoms with Crippen LogP contribution in [0.1, 0.15) is 26.2 Å². The van der Waals surface area contributed by atoms with Crippen molar-refractivity contribution in [3.63, 3.8) is 0 Å². The van der Waals surface area contributed by atoms with Crippen LogP contribution in [0.4, 0.5) is 0 Å². The highest BCUT2D eigenvalue weighted by molar-refractivity contribution is 5.91. The minimum atomic E-state index is -1.87. The molecule has 4 unspecified atom stereocenters. The molecule has 0 aromatic carbocycles. The largest absolute Gasteiger partial charge is 0.467 e. The first-order valence-electron chi connectivity index (χ1n) is 15.3. The fraction of sp³-hybridized carbons (Fsp3) is 0.852. The van der Waals surface area contributed by atoms with Gasteiger partial charge in [0.25, 0.3) is 5.91 Å². The number of rotatable bonds is 13. The van der Waals surface area contributed by atoms with E-state index in [0.29, 0.717) is 12.2 Å². The molecular weight excluding hydrogens is 612 g/mol. The second-order valence-electron chi connectivity index (χ2n) is 12.7. The summed E-state index contributed by atoms with van der Waals surface area (Å²) in [4.78, 5) is 13.2. The molecule has 0 spiro atoms. The minimum Gasteiger partial charge on any atom is -0.467 e. The summed E-state index contributed by atoms with van der Waals surface area (Å²) in [5, 5.41) is 81.1. The molecule has 1 amide bonds. The summed E-state index contributed by atoms with van der Waals surface area (Å²) in [5.74, 6) is -0.761. The molecule has 1 saturated heterocycles. The summed E-state index contributed by atoms with van der Waals surface area (Å²) in [5.41, 5.74) is 14.8. The second kappa shape index (κ2) is 14.9. The average molecular weight is 663 g/mol. The molecule has 0 radical (unpaired) electrons. The fourth-order valence-corrected chi connectivity index (χ4v) is 6.10. The smallest absolute Gasteiger partial charge is 0.254 e. The molecule has 19 heteroatoms. The van der Waals surface area contributed by atoms with Gasteiger partial charge in [-0.3, -0.25) is 10.2 Å². The van der Waals surface area contributed by atoms with Crippen molar-refractivity contribution in [2.45, 2.75) is 111 Å². The van der Waals surface area contributed by atoms with Gasteiger partial charge in [0.05, 0.1) is 50.0 Å². The maximum absolute atomic E-state index is 13.2. The van der Waals surface area contributed by atoms with Crippen molar-refractivity contribution < 1.29 is 54.4 Å². The number of hydrogen-bond donors (Lipinski definition) is 14. The third-order valence-corrected chi connectivity index (χ3v) is 8.84. The van der Waals surface area contributed by atoms with Gasteiger partial charge in [-0.15, -0.1) is 0 Å². The quantitative estimate of drug-likeness (QED) is 0.0643. The van der Waals surface area contributed by atoms with Crippen LogP contribution in [-0.2, 0) is 23.7 Å². The van der Waals surface area contributed by atoms with Gasteiger partial charge >= 0.3 is 0 Å². The zero-order chi connectivity index (χ0) is 34.0. The monoisotopic (exact) mass is 662 g/mol. The molecule has 2 heterocycles. The Bertz CT molecular complexity index is 1100. The number of hydrogen-bond acceptors (Lipinski definition) is 16. The van der Waals surface area contributed by atoms with E-state index >= 15 is 0 Å². The van der Waals surface area contributed by atoms with Crippen LogP contribution in [0.5, 0.6) is 0 Å². The molecule has 0 aromatic heterocycles. The van der Waals surface area contributed by atoms with Gasteiger partial charge in [-0.2, -0.15) is 0 Å². The maximum atomic E-state index is 13.2. The molecular formula is C27H50N8O11. The van der Waals surface area contributed by atoms with E-state index in [1.807, 2.05) is 0 Å². The van der Waals surface area contributed by atoms with Crippen molar-refractivity contribution in [2.75, 3.05) is 33.4 Å². The number of nitrogens with two attached hydrogens (primary N) is 3. The van der Waals surface area contributed by atoms with Crippen LogP contribution in [0.2, 0.25) is 0 Å². The molecule has 4 rings (SSSR count). The van der Waals surface area contributed by atoms with Crippen molar-refractivity contribution in [3.8, 4) is 0 Å². The van der Waals surface area contributed by atoms with Crippen molar-refractivity contribution in [3.05, 3.63) is 11.8 Å². The van der Waals surface area contributed by atoms with E-state index in [1.165, 1.54) is 6.92 Å². The third kappa shape index (κ3) is 8.24. The van der Waals surface area contributed by atoms with Crippen molar-refractivity contribution >= 4 is 11.9 Å². The lowest BCUT2D eigenvalue weighted by Crippen LogP contribution is -2.69. The van der Waals surface area contributed by atoms with E-state index in [2.05, 4.69) is 21.3 Å². The molecule has 4 aliphatic rings. The third-order valence-electron chi connectivity index (χ3n) is 8.84. The Labute approximate surface area is 266 Å². The Morgan fingerprint density at radius 2 is 1.85 bits per heavy atom. The Balaban J connectivity index is 1.50. The van der Waals surface area contributed by atoms with E-state index < -0.39 is 103 Å². The molecule has 17 N–H and O–H groups in total. The fourth-order valence-electron chi connectivity index (χ4n) is 6.10. The number of ether oxygens (including phenoxy) is 4. The summed E-state index contributed by atoms with van der Waals surface area (Å²) in [6, 6.07) is -4.21. The van der Waals surface area contributed by atoms with Crippen molar-refractivity contribution in [1.82, 2.24) is 21.3 Å². The molecule has 264 valence electrons. The highest BCUT2D eigenvalue weighted by Gasteiger charge is 2.61. The first-order valence-corrected chi connectivity index (χ1v) is 15.3. The predicted molar refractivity (Wildman–Crippen MR) is 159 cm³/mol. The Kier molecular flexibility index (Phi) is 11.8. The van der Waals surface area contributed by atoms with Crippen molar-refractivity contribution in [1.29, 1.82) is 5.41 Å². The van der Waals surface area contributed by atoms with E-state index in [1.54, 1.807) is 13.1 Å². The van der Waals surface area contributed by atoms with Crippen LogP contribution in [0.3, 0.4) is 0 Å². The summed E-state index contributed by atoms with van der Waals surface area (Å²) < 4.78 is 23.8. The molecule has 0 bridgehead atoms. The summed E-state index contributed by atoms with van der Waals surface area (Å²) in [7, 11) is 1.55. The summed E-state index contributed by atoms with van der Waals surface area (Å²) in [6.07, 6.45) is -6.64. The number of nitrogens with one attached hydrogen (secondary N) is 5. The first-order chi connectivity index (χ1) is 21.6. The number of carbonyl (C=O) groups is 1. The van der Waals surface area contributed by atoms with Gasteiger partial charge in [-0.1, -0.05) is 0 Å². The van der Waals surface area contributed by atoms with Crippen LogP contribution in [0.25, 0.3) is 0 Å². The first kappa shape index (κ1) is 36.6. The number of carbonyl (C=O) groups excluding carboxylic acids is 1. The highest BCUT2D eigenvalue weighted by Crippen LogP contribution is 2.37. The molecule has 3 fully saturated rings. The SMILES string of the molecule is CN[C@@H]1[C@@H](O)[C@@H](O[C@H]2[C@H](NC(=O)C3(O)CC3NC(=N)N)C[C@H](N)C(O[C@H]3OC(CNCC(O)CO)=CC[C@H]3N)[C@@H]2O)OC[C@]1(C)O. The second-order valence-corrected chi connectivity index (χ2v) is 12.7. The Morgan fingerprint density at radius 1 is 1.15 bits per heavy atom. The molecule has 46 heavy (non-hydrogen) atoms. The van der Waals surface area contributed by atoms with Crippen LogP contribution in [-0.4, -0.2) is 160 Å². The van der Waals surface area contributed by atoms with Gasteiger partial charge in [0.2, 0.25) is 6.29 Å². The molecule has 2 aliphatic heterocycles. The maximum Gasteiger partial charge on any atom is 0.254 e. The number of guanidine groups is 1. The Morgan fingerprint density at radius 3 is 2.50 bits per heavy atom. The van der Waals surface area contributed by atoms with E-state index in [0.717, 1.165) is 0 Å². The number of likely N-dealkylation sites (N-methyl/N-ethyl adjacent to an activating group) is 1. The normalized spacial score (nSPS) is 43.2. The van der Waals surface area contributed by atoms with E-state index in [-0.39, 0.29) is 32.5 Å². The topological polar surface area (TPSA) is 325 Å². The molecule has 14 atom stereocenters. The lowest BCUT2D eigenvalue weighted by Gasteiger charge is -2.49. The van der Waals surface area contributed by atoms with Crippen LogP contribution in [0.15, 0.2) is 11.8 Å². The molecule has 19 nitrogen and oxygen atoms in total. The zero-order valence-electron chi connectivity index (χ0n) is 25.9. The predicted octanol–water partition coefficient (Wildman–Crippen LogP) is -6.72. The van der Waals surface area contributed by atoms with Gasteiger partial charge in [-0.25, -0.2) is 0 Å².